The van der Waals surface area contributed by atoms with Gasteiger partial charge in [0.05, 0.1) is 11.1 Å². The summed E-state index contributed by atoms with van der Waals surface area (Å²) in [4.78, 5) is 10.5. The first-order chi connectivity index (χ1) is 8.55. The topological polar surface area (TPSA) is 72.5 Å². The summed E-state index contributed by atoms with van der Waals surface area (Å²) in [6, 6.07) is 5.41. The van der Waals surface area contributed by atoms with Crippen molar-refractivity contribution in [3.05, 3.63) is 34.7 Å². The number of benzene rings is 1. The van der Waals surface area contributed by atoms with Gasteiger partial charge in [0, 0.05) is 0 Å². The van der Waals surface area contributed by atoms with Gasteiger partial charge >= 0.3 is 0 Å². The molecule has 2 aliphatic rings. The molecule has 18 heavy (non-hydrogen) atoms. The molecule has 1 fully saturated rings. The molecule has 1 heterocycles. The van der Waals surface area contributed by atoms with Gasteiger partial charge in [-0.05, 0) is 36.1 Å². The molecule has 1 N–H and O–H groups in total. The zero-order valence-corrected chi connectivity index (χ0v) is 10.2. The Morgan fingerprint density at radius 3 is 2.78 bits per heavy atom. The van der Waals surface area contributed by atoms with Crippen molar-refractivity contribution in [3.8, 4) is 0 Å². The Kier molecular flexibility index (Phi) is 2.25. The minimum atomic E-state index is -3.39. The van der Waals surface area contributed by atoms with Crippen molar-refractivity contribution in [2.24, 2.45) is 0 Å². The van der Waals surface area contributed by atoms with Gasteiger partial charge in [-0.3, -0.25) is 9.52 Å². The maximum absolute atomic E-state index is 11.4. The average molecular weight is 265 g/mol. The van der Waals surface area contributed by atoms with Gasteiger partial charge in [0.2, 0.25) is 0 Å². The first-order valence-electron chi connectivity index (χ1n) is 5.52. The zero-order chi connectivity index (χ0) is 12.8. The monoisotopic (exact) mass is 265 g/mol. The van der Waals surface area contributed by atoms with Crippen LogP contribution in [0.5, 0.6) is 0 Å². The van der Waals surface area contributed by atoms with Crippen LogP contribution in [0.1, 0.15) is 24.0 Å². The largest absolute Gasteiger partial charge is 0.456 e. The molecular weight excluding hydrogens is 254 g/mol. The maximum atomic E-state index is 11.4. The first-order valence-corrected chi connectivity index (χ1v) is 7.06. The minimum Gasteiger partial charge on any atom is -0.456 e. The van der Waals surface area contributed by atoms with Gasteiger partial charge in [-0.15, -0.1) is 0 Å². The number of carbonyl (C=O) groups excluding carboxylic acids is 1. The molecule has 0 aromatic heterocycles. The zero-order valence-electron chi connectivity index (χ0n) is 9.42. The van der Waals surface area contributed by atoms with Crippen LogP contribution < -0.4 is 4.72 Å². The van der Waals surface area contributed by atoms with Gasteiger partial charge in [-0.25, -0.2) is 8.42 Å². The third-order valence-corrected chi connectivity index (χ3v) is 4.24. The third kappa shape index (κ3) is 1.78. The number of carbonyl (C=O) groups is 1. The summed E-state index contributed by atoms with van der Waals surface area (Å²) in [6.45, 7) is 0.441. The van der Waals surface area contributed by atoms with E-state index in [2.05, 4.69) is 4.72 Å². The number of anilines is 1. The summed E-state index contributed by atoms with van der Waals surface area (Å²) < 4.78 is 30.4. The highest BCUT2D eigenvalue weighted by Crippen LogP contribution is 2.49. The van der Waals surface area contributed by atoms with E-state index < -0.39 is 15.6 Å². The van der Waals surface area contributed by atoms with E-state index in [-0.39, 0.29) is 0 Å². The third-order valence-electron chi connectivity index (χ3n) is 3.24. The lowest BCUT2D eigenvalue weighted by Crippen LogP contribution is -2.16. The van der Waals surface area contributed by atoms with Crippen LogP contribution in [0.15, 0.2) is 23.6 Å². The molecule has 1 saturated carbocycles. The van der Waals surface area contributed by atoms with E-state index in [0.29, 0.717) is 12.2 Å². The molecule has 1 aliphatic heterocycles. The van der Waals surface area contributed by atoms with Crippen LogP contribution in [0.4, 0.5) is 5.69 Å². The van der Waals surface area contributed by atoms with Crippen molar-refractivity contribution in [2.45, 2.75) is 18.4 Å². The van der Waals surface area contributed by atoms with Crippen molar-refractivity contribution in [1.82, 2.24) is 0 Å². The van der Waals surface area contributed by atoms with E-state index in [1.54, 1.807) is 12.1 Å². The molecule has 0 radical (unpaired) electrons. The van der Waals surface area contributed by atoms with Crippen molar-refractivity contribution >= 4 is 28.3 Å². The van der Waals surface area contributed by atoms with Gasteiger partial charge < -0.3 is 4.74 Å². The van der Waals surface area contributed by atoms with Crippen LogP contribution in [0.25, 0.3) is 6.08 Å². The molecule has 0 atom stereocenters. The molecule has 0 spiro atoms. The average Bonchev–Trinajstić information content (AvgIpc) is 3.08. The highest BCUT2D eigenvalue weighted by Gasteiger charge is 2.47. The predicted molar refractivity (Wildman–Crippen MR) is 66.1 cm³/mol. The lowest BCUT2D eigenvalue weighted by Gasteiger charge is -2.18. The standard InChI is InChI=1S/C12H11NO4S/c14-8-17-12(4-5-12)10-2-1-9-3-6-18(15,16)13-11(9)7-10/h1-3,6-8,13H,4-5H2. The molecule has 0 amide bonds. The number of hydrogen-bond acceptors (Lipinski definition) is 4. The Balaban J connectivity index is 2.02. The second-order valence-electron chi connectivity index (χ2n) is 4.46. The fraction of sp³-hybridized carbons (Fsp3) is 0.250. The van der Waals surface area contributed by atoms with Crippen LogP contribution in [-0.4, -0.2) is 14.9 Å². The second kappa shape index (κ2) is 3.58. The van der Waals surface area contributed by atoms with Crippen LogP contribution in [0.2, 0.25) is 0 Å². The predicted octanol–water partition coefficient (Wildman–Crippen LogP) is 1.57. The number of nitrogens with one attached hydrogen (secondary N) is 1. The van der Waals surface area contributed by atoms with Crippen LogP contribution >= 0.6 is 0 Å². The van der Waals surface area contributed by atoms with Crippen LogP contribution in [0.3, 0.4) is 0 Å². The molecule has 0 saturated heterocycles. The Labute approximate surface area is 105 Å². The summed E-state index contributed by atoms with van der Waals surface area (Å²) in [6.07, 6.45) is 3.09. The number of sulfonamides is 1. The molecular formula is C12H11NO4S. The summed E-state index contributed by atoms with van der Waals surface area (Å²) in [5.41, 5.74) is 1.60. The van der Waals surface area contributed by atoms with E-state index in [1.807, 2.05) is 12.1 Å². The van der Waals surface area contributed by atoms with Gasteiger partial charge in [-0.2, -0.15) is 0 Å². The Morgan fingerprint density at radius 1 is 1.33 bits per heavy atom. The number of hydrogen-bond donors (Lipinski definition) is 1. The molecule has 0 unspecified atom stereocenters. The van der Waals surface area contributed by atoms with E-state index in [9.17, 15) is 13.2 Å². The summed E-state index contributed by atoms with van der Waals surface area (Å²) >= 11 is 0. The van der Waals surface area contributed by atoms with Gasteiger partial charge in [-0.1, -0.05) is 12.1 Å². The summed E-state index contributed by atoms with van der Waals surface area (Å²) in [5, 5.41) is 1.13. The Morgan fingerprint density at radius 2 is 2.11 bits per heavy atom. The minimum absolute atomic E-state index is 0.441. The van der Waals surface area contributed by atoms with Crippen LogP contribution in [0, 0.1) is 0 Å². The summed E-state index contributed by atoms with van der Waals surface area (Å²) in [7, 11) is -3.39. The van der Waals surface area contributed by atoms with Crippen molar-refractivity contribution in [2.75, 3.05) is 4.72 Å². The van der Waals surface area contributed by atoms with Crippen molar-refractivity contribution in [1.29, 1.82) is 0 Å². The van der Waals surface area contributed by atoms with E-state index in [0.717, 1.165) is 29.4 Å². The molecule has 0 bridgehead atoms. The first kappa shape index (κ1) is 11.3. The quantitative estimate of drug-likeness (QED) is 0.842. The molecule has 94 valence electrons. The molecule has 6 heteroatoms. The fourth-order valence-corrected chi connectivity index (χ4v) is 2.98. The maximum Gasteiger partial charge on any atom is 0.293 e. The lowest BCUT2D eigenvalue weighted by atomic mass is 10.0. The normalized spacial score (nSPS) is 21.6. The van der Waals surface area contributed by atoms with Gasteiger partial charge in [0.15, 0.2) is 0 Å². The molecule has 1 aliphatic carbocycles. The Hall–Kier alpha value is -1.82. The number of rotatable bonds is 3. The van der Waals surface area contributed by atoms with Crippen molar-refractivity contribution < 1.29 is 17.9 Å². The lowest BCUT2D eigenvalue weighted by molar-refractivity contribution is -0.136. The summed E-state index contributed by atoms with van der Waals surface area (Å²) in [5.74, 6) is 0. The smallest absolute Gasteiger partial charge is 0.293 e. The number of fused-ring (bicyclic) bond motifs is 1. The van der Waals surface area contributed by atoms with E-state index in [1.165, 1.54) is 0 Å². The molecule has 5 nitrogen and oxygen atoms in total. The Bertz CT molecular complexity index is 644. The van der Waals surface area contributed by atoms with Gasteiger partial charge in [0.1, 0.15) is 5.60 Å². The fourth-order valence-electron chi connectivity index (χ4n) is 2.10. The molecule has 3 rings (SSSR count). The molecule has 1 aromatic carbocycles. The molecule has 1 aromatic rings. The van der Waals surface area contributed by atoms with Crippen molar-refractivity contribution in [3.63, 3.8) is 0 Å². The van der Waals surface area contributed by atoms with E-state index in [4.69, 9.17) is 4.74 Å². The van der Waals surface area contributed by atoms with Crippen LogP contribution in [-0.2, 0) is 25.2 Å². The highest BCUT2D eigenvalue weighted by molar-refractivity contribution is 7.95. The van der Waals surface area contributed by atoms with Gasteiger partial charge in [0.25, 0.3) is 16.5 Å². The van der Waals surface area contributed by atoms with E-state index >= 15 is 0 Å². The number of ether oxygens (including phenoxy) is 1. The highest BCUT2D eigenvalue weighted by atomic mass is 32.2. The SMILES string of the molecule is O=COC1(c2ccc3c(c2)NS(=O)(=O)C=C3)CC1. The second-order valence-corrected chi connectivity index (χ2v) is 6.03.